The predicted octanol–water partition coefficient (Wildman–Crippen LogP) is 3.84. The van der Waals surface area contributed by atoms with Gasteiger partial charge in [-0.2, -0.15) is 0 Å². The molecule has 2 aliphatic rings. The SMILES string of the molecule is COc1cc(OC)c(OC)cc1/C=C1\SC(=S)N(Cc2ccc3c(c2)OCO3)C1=O. The number of carbonyl (C=O) groups excluding carboxylic acids is 1. The molecule has 7 nitrogen and oxygen atoms in total. The van der Waals surface area contributed by atoms with Gasteiger partial charge in [0.05, 0.1) is 32.8 Å². The summed E-state index contributed by atoms with van der Waals surface area (Å²) in [4.78, 5) is 15.1. The maximum Gasteiger partial charge on any atom is 0.266 e. The van der Waals surface area contributed by atoms with Gasteiger partial charge in [-0.05, 0) is 29.8 Å². The Labute approximate surface area is 183 Å². The van der Waals surface area contributed by atoms with Gasteiger partial charge in [-0.15, -0.1) is 0 Å². The Morgan fingerprint density at radius 3 is 2.47 bits per heavy atom. The summed E-state index contributed by atoms with van der Waals surface area (Å²) in [5.74, 6) is 2.85. The molecular weight excluding hydrogens is 426 g/mol. The molecule has 2 aromatic carbocycles. The Bertz CT molecular complexity index is 1050. The maximum absolute atomic E-state index is 13.0. The molecule has 0 aliphatic carbocycles. The molecule has 9 heteroatoms. The first-order valence-corrected chi connectivity index (χ1v) is 10.2. The molecule has 0 saturated carbocycles. The van der Waals surface area contributed by atoms with E-state index in [0.717, 1.165) is 5.56 Å². The molecule has 1 amide bonds. The number of thiocarbonyl (C=S) groups is 1. The fourth-order valence-corrected chi connectivity index (χ4v) is 4.41. The number of thioether (sulfide) groups is 1. The number of hydrogen-bond donors (Lipinski definition) is 0. The van der Waals surface area contributed by atoms with E-state index in [-0.39, 0.29) is 12.7 Å². The zero-order valence-electron chi connectivity index (χ0n) is 16.6. The molecule has 1 fully saturated rings. The van der Waals surface area contributed by atoms with E-state index in [2.05, 4.69) is 0 Å². The molecule has 4 rings (SSSR count). The van der Waals surface area contributed by atoms with E-state index >= 15 is 0 Å². The van der Waals surface area contributed by atoms with Crippen LogP contribution in [0.2, 0.25) is 0 Å². The fourth-order valence-electron chi connectivity index (χ4n) is 3.17. The molecule has 156 valence electrons. The van der Waals surface area contributed by atoms with Crippen LogP contribution in [0.1, 0.15) is 11.1 Å². The third-order valence-electron chi connectivity index (χ3n) is 4.67. The minimum atomic E-state index is -0.167. The third kappa shape index (κ3) is 3.78. The second-order valence-electron chi connectivity index (χ2n) is 6.40. The number of hydrogen-bond acceptors (Lipinski definition) is 8. The van der Waals surface area contributed by atoms with Gasteiger partial charge in [0.2, 0.25) is 6.79 Å². The predicted molar refractivity (Wildman–Crippen MR) is 117 cm³/mol. The maximum atomic E-state index is 13.0. The molecule has 1 saturated heterocycles. The van der Waals surface area contributed by atoms with Crippen LogP contribution >= 0.6 is 24.0 Å². The first-order chi connectivity index (χ1) is 14.5. The van der Waals surface area contributed by atoms with Gasteiger partial charge in [0.25, 0.3) is 5.91 Å². The first kappa shape index (κ1) is 20.4. The van der Waals surface area contributed by atoms with E-state index in [1.165, 1.54) is 11.8 Å². The van der Waals surface area contributed by atoms with Crippen molar-refractivity contribution in [3.63, 3.8) is 0 Å². The van der Waals surface area contributed by atoms with Crippen LogP contribution < -0.4 is 23.7 Å². The third-order valence-corrected chi connectivity index (χ3v) is 6.05. The summed E-state index contributed by atoms with van der Waals surface area (Å²) in [6, 6.07) is 9.08. The molecule has 30 heavy (non-hydrogen) atoms. The lowest BCUT2D eigenvalue weighted by molar-refractivity contribution is -0.122. The number of ether oxygens (including phenoxy) is 5. The zero-order chi connectivity index (χ0) is 21.3. The number of methoxy groups -OCH3 is 3. The molecule has 0 unspecified atom stereocenters. The first-order valence-electron chi connectivity index (χ1n) is 8.98. The summed E-state index contributed by atoms with van der Waals surface area (Å²) >= 11 is 6.70. The Kier molecular flexibility index (Phi) is 5.74. The Hall–Kier alpha value is -2.91. The Morgan fingerprint density at radius 2 is 1.73 bits per heavy atom. The van der Waals surface area contributed by atoms with Gasteiger partial charge in [0, 0.05) is 11.6 Å². The van der Waals surface area contributed by atoms with Crippen LogP contribution in [0, 0.1) is 0 Å². The van der Waals surface area contributed by atoms with Crippen LogP contribution in [-0.4, -0.2) is 43.2 Å². The topological polar surface area (TPSA) is 66.5 Å². The highest BCUT2D eigenvalue weighted by Gasteiger charge is 2.32. The number of carbonyl (C=O) groups is 1. The van der Waals surface area contributed by atoms with Gasteiger partial charge < -0.3 is 23.7 Å². The van der Waals surface area contributed by atoms with Gasteiger partial charge in [0.1, 0.15) is 10.1 Å². The van der Waals surface area contributed by atoms with Crippen LogP contribution in [-0.2, 0) is 11.3 Å². The van der Waals surface area contributed by atoms with E-state index in [9.17, 15) is 4.79 Å². The highest BCUT2D eigenvalue weighted by molar-refractivity contribution is 8.26. The lowest BCUT2D eigenvalue weighted by atomic mass is 10.1. The van der Waals surface area contributed by atoms with Crippen LogP contribution in [0.4, 0.5) is 0 Å². The average Bonchev–Trinajstić information content (AvgIpc) is 3.33. The van der Waals surface area contributed by atoms with Gasteiger partial charge in [0.15, 0.2) is 23.0 Å². The van der Waals surface area contributed by atoms with Crippen molar-refractivity contribution in [1.29, 1.82) is 0 Å². The van der Waals surface area contributed by atoms with Gasteiger partial charge in [-0.25, -0.2) is 0 Å². The van der Waals surface area contributed by atoms with Crippen molar-refractivity contribution < 1.29 is 28.5 Å². The van der Waals surface area contributed by atoms with E-state index in [1.54, 1.807) is 44.4 Å². The Balaban J connectivity index is 1.60. The smallest absolute Gasteiger partial charge is 0.266 e. The molecule has 2 aromatic rings. The lowest BCUT2D eigenvalue weighted by Crippen LogP contribution is -2.27. The molecule has 2 heterocycles. The number of fused-ring (bicyclic) bond motifs is 1. The van der Waals surface area contributed by atoms with Crippen LogP contribution in [0.25, 0.3) is 6.08 Å². The van der Waals surface area contributed by atoms with E-state index in [0.29, 0.717) is 50.1 Å². The van der Waals surface area contributed by atoms with Crippen molar-refractivity contribution in [3.05, 3.63) is 46.4 Å². The lowest BCUT2D eigenvalue weighted by Gasteiger charge is -2.15. The minimum Gasteiger partial charge on any atom is -0.496 e. The number of amides is 1. The van der Waals surface area contributed by atoms with Crippen LogP contribution in [0.15, 0.2) is 35.2 Å². The summed E-state index contributed by atoms with van der Waals surface area (Å²) in [6.45, 7) is 0.553. The minimum absolute atomic E-state index is 0.167. The molecular formula is C21H19NO6S2. The van der Waals surface area contributed by atoms with Crippen molar-refractivity contribution in [2.45, 2.75) is 6.54 Å². The summed E-state index contributed by atoms with van der Waals surface area (Å²) in [6.07, 6.45) is 1.75. The van der Waals surface area contributed by atoms with Crippen molar-refractivity contribution in [1.82, 2.24) is 4.90 Å². The van der Waals surface area contributed by atoms with Gasteiger partial charge in [-0.1, -0.05) is 30.0 Å². The molecule has 0 N–H and O–H groups in total. The molecule has 0 aromatic heterocycles. The van der Waals surface area contributed by atoms with Gasteiger partial charge >= 0.3 is 0 Å². The molecule has 2 aliphatic heterocycles. The van der Waals surface area contributed by atoms with Crippen molar-refractivity contribution >= 4 is 40.3 Å². The normalized spacial score (nSPS) is 16.4. The summed E-state index contributed by atoms with van der Waals surface area (Å²) in [7, 11) is 4.67. The van der Waals surface area contributed by atoms with Crippen LogP contribution in [0.3, 0.4) is 0 Å². The number of nitrogens with zero attached hydrogens (tertiary/aromatic N) is 1. The highest BCUT2D eigenvalue weighted by Crippen LogP contribution is 2.40. The van der Waals surface area contributed by atoms with Crippen molar-refractivity contribution in [3.8, 4) is 28.7 Å². The second-order valence-corrected chi connectivity index (χ2v) is 8.08. The van der Waals surface area contributed by atoms with E-state index in [1.807, 2.05) is 18.2 Å². The second kappa shape index (κ2) is 8.45. The average molecular weight is 446 g/mol. The summed E-state index contributed by atoms with van der Waals surface area (Å²) < 4.78 is 27.4. The van der Waals surface area contributed by atoms with E-state index in [4.69, 9.17) is 35.9 Å². The van der Waals surface area contributed by atoms with Crippen molar-refractivity contribution in [2.24, 2.45) is 0 Å². The molecule has 0 bridgehead atoms. The zero-order valence-corrected chi connectivity index (χ0v) is 18.2. The highest BCUT2D eigenvalue weighted by atomic mass is 32.2. The summed E-state index contributed by atoms with van der Waals surface area (Å²) in [5, 5.41) is 0. The fraction of sp³-hybridized carbons (Fsp3) is 0.238. The summed E-state index contributed by atoms with van der Waals surface area (Å²) in [5.41, 5.74) is 1.60. The van der Waals surface area contributed by atoms with Gasteiger partial charge in [-0.3, -0.25) is 9.69 Å². The molecule has 0 radical (unpaired) electrons. The monoisotopic (exact) mass is 445 g/mol. The molecule has 0 spiro atoms. The van der Waals surface area contributed by atoms with Crippen molar-refractivity contribution in [2.75, 3.05) is 28.1 Å². The largest absolute Gasteiger partial charge is 0.496 e. The quantitative estimate of drug-likeness (QED) is 0.491. The number of benzene rings is 2. The standard InChI is InChI=1S/C21H19NO6S2/c1-24-15-9-17(26-3)16(25-2)7-13(15)8-19-20(23)22(21(29)30-19)10-12-4-5-14-18(6-12)28-11-27-14/h4-9H,10-11H2,1-3H3/b19-8-. The Morgan fingerprint density at radius 1 is 1.03 bits per heavy atom. The molecule has 0 atom stereocenters. The van der Waals surface area contributed by atoms with E-state index < -0.39 is 0 Å². The van der Waals surface area contributed by atoms with Crippen LogP contribution in [0.5, 0.6) is 28.7 Å². The number of rotatable bonds is 6.